The quantitative estimate of drug-likeness (QED) is 0.749. The second-order valence-corrected chi connectivity index (χ2v) is 3.04. The number of phenolic OH excluding ortho intramolecular Hbond substituents is 1. The zero-order valence-corrected chi connectivity index (χ0v) is 7.63. The van der Waals surface area contributed by atoms with Crippen LogP contribution < -0.4 is 0 Å². The third kappa shape index (κ3) is 1.84. The van der Waals surface area contributed by atoms with Crippen molar-refractivity contribution in [3.8, 4) is 5.75 Å². The van der Waals surface area contributed by atoms with Gasteiger partial charge in [-0.1, -0.05) is 18.2 Å². The molecule has 1 aromatic carbocycles. The molecule has 0 saturated heterocycles. The van der Waals surface area contributed by atoms with Gasteiger partial charge in [-0.2, -0.15) is 0 Å². The fourth-order valence-corrected chi connectivity index (χ4v) is 1.31. The fraction of sp³-hybridized carbons (Fsp3) is 0.111. The van der Waals surface area contributed by atoms with E-state index in [0.29, 0.717) is 0 Å². The molecule has 0 heterocycles. The third-order valence-corrected chi connectivity index (χ3v) is 2.34. The number of benzene rings is 1. The first kappa shape index (κ1) is 8.34. The number of hydrogen-bond donors (Lipinski definition) is 1. The van der Waals surface area contributed by atoms with Crippen LogP contribution in [0.4, 0.5) is 0 Å². The van der Waals surface area contributed by atoms with Crippen LogP contribution in [0.3, 0.4) is 0 Å². The minimum Gasteiger partial charge on any atom is -0.507 e. The molecule has 1 N–H and O–H groups in total. The smallest absolute Gasteiger partial charge is 0.130 e. The molecule has 58 valence electrons. The average molecular weight is 213 g/mol. The summed E-state index contributed by atoms with van der Waals surface area (Å²) >= 11 is 3.28. The lowest BCUT2D eigenvalue weighted by Gasteiger charge is -2.01. The van der Waals surface area contributed by atoms with Crippen molar-refractivity contribution in [2.75, 3.05) is 0 Å². The second kappa shape index (κ2) is 3.58. The first-order valence-electron chi connectivity index (χ1n) is 3.33. The van der Waals surface area contributed by atoms with E-state index in [1.165, 1.54) is 0 Å². The van der Waals surface area contributed by atoms with Gasteiger partial charge in [0.05, 0.1) is 4.47 Å². The predicted octanol–water partition coefficient (Wildman–Crippen LogP) is 2.88. The van der Waals surface area contributed by atoms with E-state index in [2.05, 4.69) is 22.5 Å². The molecule has 0 fully saturated rings. The minimum atomic E-state index is 0.282. The van der Waals surface area contributed by atoms with Gasteiger partial charge in [-0.25, -0.2) is 0 Å². The molecule has 1 rings (SSSR count). The van der Waals surface area contributed by atoms with Gasteiger partial charge in [0.2, 0.25) is 0 Å². The highest BCUT2D eigenvalue weighted by Gasteiger charge is 2.00. The van der Waals surface area contributed by atoms with Crippen LogP contribution >= 0.6 is 15.9 Å². The molecule has 0 aromatic heterocycles. The highest BCUT2D eigenvalue weighted by Crippen LogP contribution is 2.27. The van der Waals surface area contributed by atoms with Crippen LogP contribution in [0.25, 0.3) is 0 Å². The number of aromatic hydroxyl groups is 1. The Morgan fingerprint density at radius 2 is 2.27 bits per heavy atom. The molecule has 0 spiro atoms. The Labute approximate surface area is 74.5 Å². The van der Waals surface area contributed by atoms with Crippen molar-refractivity contribution in [1.29, 1.82) is 0 Å². The van der Waals surface area contributed by atoms with Crippen LogP contribution in [0.2, 0.25) is 0 Å². The molecule has 0 atom stereocenters. The molecule has 1 aromatic rings. The summed E-state index contributed by atoms with van der Waals surface area (Å²) in [5.41, 5.74) is 1.06. The van der Waals surface area contributed by atoms with E-state index in [9.17, 15) is 5.11 Å². The Bertz CT molecular complexity index is 268. The average Bonchev–Trinajstić information content (AvgIpc) is 1.99. The van der Waals surface area contributed by atoms with Gasteiger partial charge in [0.15, 0.2) is 0 Å². The van der Waals surface area contributed by atoms with Gasteiger partial charge in [-0.3, -0.25) is 0 Å². The number of halogens is 1. The van der Waals surface area contributed by atoms with Crippen molar-refractivity contribution < 1.29 is 5.11 Å². The Hall–Kier alpha value is -0.760. The summed E-state index contributed by atoms with van der Waals surface area (Å²) in [4.78, 5) is 0. The van der Waals surface area contributed by atoms with Crippen LogP contribution in [0.5, 0.6) is 5.75 Å². The zero-order chi connectivity index (χ0) is 8.27. The largest absolute Gasteiger partial charge is 0.507 e. The van der Waals surface area contributed by atoms with Crippen molar-refractivity contribution in [1.82, 2.24) is 0 Å². The summed E-state index contributed by atoms with van der Waals surface area (Å²) in [6.07, 6.45) is 2.58. The lowest BCUT2D eigenvalue weighted by atomic mass is 10.1. The lowest BCUT2D eigenvalue weighted by Crippen LogP contribution is -1.82. The highest BCUT2D eigenvalue weighted by molar-refractivity contribution is 9.10. The van der Waals surface area contributed by atoms with Gasteiger partial charge in [0, 0.05) is 0 Å². The predicted molar refractivity (Wildman–Crippen MR) is 49.7 cm³/mol. The van der Waals surface area contributed by atoms with Crippen molar-refractivity contribution in [3.05, 3.63) is 40.9 Å². The molecule has 0 amide bonds. The number of allylic oxidation sites excluding steroid dienone is 1. The van der Waals surface area contributed by atoms with E-state index in [-0.39, 0.29) is 5.75 Å². The van der Waals surface area contributed by atoms with Gasteiger partial charge < -0.3 is 5.11 Å². The van der Waals surface area contributed by atoms with Gasteiger partial charge >= 0.3 is 0 Å². The molecule has 0 saturated carbocycles. The molecule has 0 aliphatic heterocycles. The van der Waals surface area contributed by atoms with Gasteiger partial charge in [0.25, 0.3) is 0 Å². The summed E-state index contributed by atoms with van der Waals surface area (Å²) in [5.74, 6) is 0.282. The van der Waals surface area contributed by atoms with Crippen molar-refractivity contribution >= 4 is 15.9 Å². The van der Waals surface area contributed by atoms with E-state index in [0.717, 1.165) is 16.5 Å². The molecule has 1 nitrogen and oxygen atoms in total. The normalized spacial score (nSPS) is 9.55. The minimum absolute atomic E-state index is 0.282. The van der Waals surface area contributed by atoms with Gasteiger partial charge in [-0.05, 0) is 34.0 Å². The highest BCUT2D eigenvalue weighted by atomic mass is 79.9. The lowest BCUT2D eigenvalue weighted by molar-refractivity contribution is 0.471. The maximum atomic E-state index is 9.25. The first-order valence-corrected chi connectivity index (χ1v) is 4.12. The van der Waals surface area contributed by atoms with E-state index in [1.54, 1.807) is 12.1 Å². The summed E-state index contributed by atoms with van der Waals surface area (Å²) in [6.45, 7) is 3.62. The van der Waals surface area contributed by atoms with Crippen LogP contribution in [0, 0.1) is 0 Å². The van der Waals surface area contributed by atoms with Crippen molar-refractivity contribution in [2.24, 2.45) is 0 Å². The number of hydrogen-bond acceptors (Lipinski definition) is 1. The van der Waals surface area contributed by atoms with Gasteiger partial charge in [-0.15, -0.1) is 6.58 Å². The van der Waals surface area contributed by atoms with E-state index < -0.39 is 0 Å². The zero-order valence-electron chi connectivity index (χ0n) is 6.05. The SMILES string of the molecule is C=CCc1cccc(O)c1Br. The van der Waals surface area contributed by atoms with E-state index >= 15 is 0 Å². The molecule has 0 aliphatic carbocycles. The number of phenols is 1. The van der Waals surface area contributed by atoms with Crippen LogP contribution in [-0.2, 0) is 6.42 Å². The standard InChI is InChI=1S/C9H9BrO/c1-2-4-7-5-3-6-8(11)9(7)10/h2-3,5-6,11H,1,4H2. The fourth-order valence-electron chi connectivity index (χ4n) is 0.879. The van der Waals surface area contributed by atoms with Crippen LogP contribution in [-0.4, -0.2) is 5.11 Å². The molecule has 0 radical (unpaired) electrons. The second-order valence-electron chi connectivity index (χ2n) is 2.24. The Kier molecular flexibility index (Phi) is 2.71. The Morgan fingerprint density at radius 1 is 1.55 bits per heavy atom. The molecular weight excluding hydrogens is 204 g/mol. The Morgan fingerprint density at radius 3 is 2.91 bits per heavy atom. The van der Waals surface area contributed by atoms with E-state index in [1.807, 2.05) is 12.1 Å². The maximum Gasteiger partial charge on any atom is 0.130 e. The summed E-state index contributed by atoms with van der Waals surface area (Å²) in [5, 5.41) is 9.25. The first-order chi connectivity index (χ1) is 5.25. The topological polar surface area (TPSA) is 20.2 Å². The van der Waals surface area contributed by atoms with E-state index in [4.69, 9.17) is 0 Å². The summed E-state index contributed by atoms with van der Waals surface area (Å²) in [7, 11) is 0. The maximum absolute atomic E-state index is 9.25. The molecule has 11 heavy (non-hydrogen) atoms. The summed E-state index contributed by atoms with van der Waals surface area (Å²) in [6, 6.07) is 5.42. The molecule has 2 heteroatoms. The van der Waals surface area contributed by atoms with Gasteiger partial charge in [0.1, 0.15) is 5.75 Å². The molecule has 0 aliphatic rings. The molecule has 0 unspecified atom stereocenters. The number of rotatable bonds is 2. The molecular formula is C9H9BrO. The summed E-state index contributed by atoms with van der Waals surface area (Å²) < 4.78 is 0.764. The Balaban J connectivity index is 3.05. The van der Waals surface area contributed by atoms with Crippen molar-refractivity contribution in [2.45, 2.75) is 6.42 Å². The monoisotopic (exact) mass is 212 g/mol. The van der Waals surface area contributed by atoms with Crippen molar-refractivity contribution in [3.63, 3.8) is 0 Å². The molecule has 0 bridgehead atoms. The third-order valence-electron chi connectivity index (χ3n) is 1.42. The van der Waals surface area contributed by atoms with Crippen LogP contribution in [0.1, 0.15) is 5.56 Å². The van der Waals surface area contributed by atoms with Crippen LogP contribution in [0.15, 0.2) is 35.3 Å².